The van der Waals surface area contributed by atoms with E-state index in [1.165, 1.54) is 51.9 Å². The Hall–Kier alpha value is -0.0800. The summed E-state index contributed by atoms with van der Waals surface area (Å²) in [6.07, 6.45) is 5.51. The van der Waals surface area contributed by atoms with Crippen LogP contribution in [-0.4, -0.2) is 37.6 Å². The molecule has 2 nitrogen and oxygen atoms in total. The van der Waals surface area contributed by atoms with Gasteiger partial charge in [-0.1, -0.05) is 27.7 Å². The molecule has 0 aliphatic carbocycles. The molecule has 1 saturated heterocycles. The molecule has 1 aliphatic heterocycles. The third kappa shape index (κ3) is 5.87. The lowest BCUT2D eigenvalue weighted by atomic mass is 9.77. The van der Waals surface area contributed by atoms with Crippen LogP contribution in [0.2, 0.25) is 0 Å². The Kier molecular flexibility index (Phi) is 6.50. The van der Waals surface area contributed by atoms with Gasteiger partial charge in [0.05, 0.1) is 0 Å². The van der Waals surface area contributed by atoms with Crippen molar-refractivity contribution >= 4 is 0 Å². The van der Waals surface area contributed by atoms with Crippen LogP contribution in [0.3, 0.4) is 0 Å². The molecule has 0 amide bonds. The Morgan fingerprint density at radius 2 is 1.94 bits per heavy atom. The largest absolute Gasteiger partial charge is 0.317 e. The van der Waals surface area contributed by atoms with E-state index in [9.17, 15) is 0 Å². The first-order valence-corrected chi connectivity index (χ1v) is 7.47. The molecule has 1 N–H and O–H groups in total. The molecule has 0 aromatic rings. The number of nitrogens with one attached hydrogen (secondary N) is 1. The quantitative estimate of drug-likeness (QED) is 0.743. The zero-order valence-electron chi connectivity index (χ0n) is 12.4. The number of nitrogens with zero attached hydrogens (tertiary/aromatic N) is 1. The van der Waals surface area contributed by atoms with Crippen LogP contribution in [0.15, 0.2) is 0 Å². The van der Waals surface area contributed by atoms with Crippen molar-refractivity contribution in [2.75, 3.05) is 32.7 Å². The summed E-state index contributed by atoms with van der Waals surface area (Å²) in [4.78, 5) is 2.67. The minimum atomic E-state index is 0.500. The Morgan fingerprint density at radius 3 is 2.59 bits per heavy atom. The molecule has 0 aromatic carbocycles. The Morgan fingerprint density at radius 1 is 1.18 bits per heavy atom. The summed E-state index contributed by atoms with van der Waals surface area (Å²) >= 11 is 0. The zero-order valence-corrected chi connectivity index (χ0v) is 12.4. The number of likely N-dealkylation sites (tertiary alicyclic amines) is 1. The predicted octanol–water partition coefficient (Wildman–Crippen LogP) is 3.13. The molecule has 102 valence electrons. The van der Waals surface area contributed by atoms with Crippen molar-refractivity contribution in [2.24, 2.45) is 11.3 Å². The van der Waals surface area contributed by atoms with Crippen molar-refractivity contribution < 1.29 is 0 Å². The van der Waals surface area contributed by atoms with Crippen molar-refractivity contribution in [2.45, 2.75) is 53.4 Å². The highest BCUT2D eigenvalue weighted by molar-refractivity contribution is 4.78. The van der Waals surface area contributed by atoms with Gasteiger partial charge in [-0.05, 0) is 69.7 Å². The van der Waals surface area contributed by atoms with Gasteiger partial charge in [-0.15, -0.1) is 0 Å². The summed E-state index contributed by atoms with van der Waals surface area (Å²) in [6.45, 7) is 15.6. The van der Waals surface area contributed by atoms with Crippen molar-refractivity contribution in [1.82, 2.24) is 10.2 Å². The zero-order chi connectivity index (χ0) is 12.7. The van der Waals surface area contributed by atoms with Crippen LogP contribution in [0.1, 0.15) is 53.4 Å². The number of hydrogen-bond donors (Lipinski definition) is 1. The molecular weight excluding hydrogens is 208 g/mol. The Balaban J connectivity index is 2.23. The van der Waals surface area contributed by atoms with Crippen molar-refractivity contribution in [3.63, 3.8) is 0 Å². The van der Waals surface area contributed by atoms with Gasteiger partial charge in [0.1, 0.15) is 0 Å². The van der Waals surface area contributed by atoms with Gasteiger partial charge in [-0.2, -0.15) is 0 Å². The van der Waals surface area contributed by atoms with E-state index in [0.29, 0.717) is 5.41 Å². The SMILES string of the molecule is CCNCCCN1CCCC(C(C)(C)C)CC1. The normalized spacial score (nSPS) is 23.6. The lowest BCUT2D eigenvalue weighted by Crippen LogP contribution is -2.29. The van der Waals surface area contributed by atoms with E-state index in [0.717, 1.165) is 12.5 Å². The first kappa shape index (κ1) is 15.0. The van der Waals surface area contributed by atoms with Crippen LogP contribution in [-0.2, 0) is 0 Å². The Bertz CT molecular complexity index is 196. The number of rotatable bonds is 5. The van der Waals surface area contributed by atoms with Crippen LogP contribution in [0.4, 0.5) is 0 Å². The van der Waals surface area contributed by atoms with Gasteiger partial charge >= 0.3 is 0 Å². The molecule has 1 aliphatic rings. The van der Waals surface area contributed by atoms with Gasteiger partial charge in [-0.3, -0.25) is 0 Å². The predicted molar refractivity (Wildman–Crippen MR) is 76.4 cm³/mol. The topological polar surface area (TPSA) is 15.3 Å². The third-order valence-electron chi connectivity index (χ3n) is 4.12. The fraction of sp³-hybridized carbons (Fsp3) is 1.00. The molecule has 1 fully saturated rings. The lowest BCUT2D eigenvalue weighted by Gasteiger charge is -2.29. The average molecular weight is 240 g/mol. The molecule has 1 rings (SSSR count). The molecule has 0 radical (unpaired) electrons. The van der Waals surface area contributed by atoms with Crippen LogP contribution in [0.25, 0.3) is 0 Å². The van der Waals surface area contributed by atoms with Gasteiger partial charge in [0, 0.05) is 0 Å². The maximum atomic E-state index is 3.41. The van der Waals surface area contributed by atoms with E-state index in [1.54, 1.807) is 0 Å². The van der Waals surface area contributed by atoms with E-state index in [-0.39, 0.29) is 0 Å². The smallest absolute Gasteiger partial charge is 0.000664 e. The van der Waals surface area contributed by atoms with Gasteiger partial charge in [0.2, 0.25) is 0 Å². The van der Waals surface area contributed by atoms with E-state index >= 15 is 0 Å². The minimum Gasteiger partial charge on any atom is -0.317 e. The summed E-state index contributed by atoms with van der Waals surface area (Å²) in [7, 11) is 0. The third-order valence-corrected chi connectivity index (χ3v) is 4.12. The first-order chi connectivity index (χ1) is 8.04. The molecule has 2 heteroatoms. The van der Waals surface area contributed by atoms with E-state index < -0.39 is 0 Å². The Labute approximate surface area is 108 Å². The van der Waals surface area contributed by atoms with Crippen molar-refractivity contribution in [3.05, 3.63) is 0 Å². The van der Waals surface area contributed by atoms with Gasteiger partial charge < -0.3 is 10.2 Å². The van der Waals surface area contributed by atoms with Crippen LogP contribution >= 0.6 is 0 Å². The van der Waals surface area contributed by atoms with E-state index in [2.05, 4.69) is 37.9 Å². The van der Waals surface area contributed by atoms with E-state index in [1.807, 2.05) is 0 Å². The lowest BCUT2D eigenvalue weighted by molar-refractivity contribution is 0.207. The van der Waals surface area contributed by atoms with Gasteiger partial charge in [0.15, 0.2) is 0 Å². The van der Waals surface area contributed by atoms with E-state index in [4.69, 9.17) is 0 Å². The second-order valence-corrected chi connectivity index (χ2v) is 6.54. The molecule has 0 aromatic heterocycles. The molecule has 1 atom stereocenters. The summed E-state index contributed by atoms with van der Waals surface area (Å²) in [5, 5.41) is 3.41. The highest BCUT2D eigenvalue weighted by Gasteiger charge is 2.26. The average Bonchev–Trinajstić information content (AvgIpc) is 2.49. The summed E-state index contributed by atoms with van der Waals surface area (Å²) < 4.78 is 0. The molecule has 1 heterocycles. The molecule has 0 bridgehead atoms. The summed E-state index contributed by atoms with van der Waals surface area (Å²) in [5.41, 5.74) is 0.500. The second-order valence-electron chi connectivity index (χ2n) is 6.54. The van der Waals surface area contributed by atoms with Gasteiger partial charge in [-0.25, -0.2) is 0 Å². The van der Waals surface area contributed by atoms with Crippen molar-refractivity contribution in [3.8, 4) is 0 Å². The summed E-state index contributed by atoms with van der Waals surface area (Å²) in [5.74, 6) is 0.918. The second kappa shape index (κ2) is 7.38. The minimum absolute atomic E-state index is 0.500. The fourth-order valence-corrected chi connectivity index (χ4v) is 2.85. The molecule has 17 heavy (non-hydrogen) atoms. The van der Waals surface area contributed by atoms with Crippen LogP contribution in [0, 0.1) is 11.3 Å². The number of hydrogen-bond acceptors (Lipinski definition) is 2. The molecular formula is C15H32N2. The highest BCUT2D eigenvalue weighted by Crippen LogP contribution is 2.34. The monoisotopic (exact) mass is 240 g/mol. The molecule has 0 spiro atoms. The first-order valence-electron chi connectivity index (χ1n) is 7.47. The van der Waals surface area contributed by atoms with Crippen LogP contribution < -0.4 is 5.32 Å². The molecule has 1 unspecified atom stereocenters. The van der Waals surface area contributed by atoms with Crippen molar-refractivity contribution in [1.29, 1.82) is 0 Å². The fourth-order valence-electron chi connectivity index (χ4n) is 2.85. The standard InChI is InChI=1S/C15H32N2/c1-5-16-10-7-12-17-11-6-8-14(9-13-17)15(2,3)4/h14,16H,5-13H2,1-4H3. The van der Waals surface area contributed by atoms with Crippen LogP contribution in [0.5, 0.6) is 0 Å². The van der Waals surface area contributed by atoms with Gasteiger partial charge in [0.25, 0.3) is 0 Å². The maximum absolute atomic E-state index is 3.41. The highest BCUT2D eigenvalue weighted by atomic mass is 15.1. The summed E-state index contributed by atoms with van der Waals surface area (Å²) in [6, 6.07) is 0. The molecule has 0 saturated carbocycles. The maximum Gasteiger partial charge on any atom is -0.000664 e.